The number of hydrogen-bond donors (Lipinski definition) is 1. The number of methoxy groups -OCH3 is 2. The fourth-order valence-electron chi connectivity index (χ4n) is 3.02. The van der Waals surface area contributed by atoms with Crippen molar-refractivity contribution in [3.8, 4) is 11.5 Å². The summed E-state index contributed by atoms with van der Waals surface area (Å²) in [6.07, 6.45) is 2.34. The van der Waals surface area contributed by atoms with Crippen LogP contribution in [0.1, 0.15) is 52.1 Å². The molecule has 21 heavy (non-hydrogen) atoms. The molecule has 0 aliphatic heterocycles. The van der Waals surface area contributed by atoms with Gasteiger partial charge in [0, 0.05) is 6.04 Å². The van der Waals surface area contributed by atoms with E-state index in [1.54, 1.807) is 14.2 Å². The summed E-state index contributed by atoms with van der Waals surface area (Å²) in [5, 5.41) is 3.43. The van der Waals surface area contributed by atoms with Crippen LogP contribution in [0.15, 0.2) is 18.2 Å². The van der Waals surface area contributed by atoms with E-state index in [1.165, 1.54) is 12.0 Å². The van der Waals surface area contributed by atoms with E-state index in [9.17, 15) is 0 Å². The molecule has 0 fully saturated rings. The molecule has 0 spiro atoms. The predicted octanol–water partition coefficient (Wildman–Crippen LogP) is 4.43. The maximum atomic E-state index is 5.40. The lowest BCUT2D eigenvalue weighted by Crippen LogP contribution is -2.21. The van der Waals surface area contributed by atoms with Crippen LogP contribution in [0.4, 0.5) is 0 Å². The van der Waals surface area contributed by atoms with Crippen molar-refractivity contribution in [1.29, 1.82) is 0 Å². The summed E-state index contributed by atoms with van der Waals surface area (Å²) in [5.74, 6) is 2.23. The molecule has 3 heteroatoms. The molecule has 0 saturated heterocycles. The molecule has 1 aromatic rings. The van der Waals surface area contributed by atoms with Crippen molar-refractivity contribution in [3.05, 3.63) is 23.8 Å². The number of ether oxygens (including phenoxy) is 2. The van der Waals surface area contributed by atoms with Gasteiger partial charge in [0.1, 0.15) is 0 Å². The van der Waals surface area contributed by atoms with Crippen LogP contribution in [0.3, 0.4) is 0 Å². The van der Waals surface area contributed by atoms with E-state index < -0.39 is 0 Å². The Morgan fingerprint density at radius 1 is 1.10 bits per heavy atom. The molecule has 0 saturated carbocycles. The summed E-state index contributed by atoms with van der Waals surface area (Å²) in [5.41, 5.74) is 1.62. The van der Waals surface area contributed by atoms with Crippen molar-refractivity contribution in [2.24, 2.45) is 11.3 Å². The lowest BCUT2D eigenvalue weighted by Gasteiger charge is -2.27. The van der Waals surface area contributed by atoms with Crippen LogP contribution in [0.5, 0.6) is 11.5 Å². The van der Waals surface area contributed by atoms with Crippen LogP contribution in [0.2, 0.25) is 0 Å². The van der Waals surface area contributed by atoms with Gasteiger partial charge in [-0.1, -0.05) is 33.8 Å². The Hall–Kier alpha value is -1.22. The fourth-order valence-corrected chi connectivity index (χ4v) is 3.02. The minimum absolute atomic E-state index is 0.335. The second kappa shape index (κ2) is 7.69. The Bertz CT molecular complexity index is 437. The Labute approximate surface area is 130 Å². The smallest absolute Gasteiger partial charge is 0.161 e. The summed E-state index contributed by atoms with van der Waals surface area (Å²) in [7, 11) is 5.36. The van der Waals surface area contributed by atoms with Crippen LogP contribution < -0.4 is 14.8 Å². The molecule has 2 unspecified atom stereocenters. The molecule has 0 amide bonds. The molecule has 0 aliphatic rings. The summed E-state index contributed by atoms with van der Waals surface area (Å²) < 4.78 is 10.7. The highest BCUT2D eigenvalue weighted by molar-refractivity contribution is 5.43. The van der Waals surface area contributed by atoms with E-state index >= 15 is 0 Å². The van der Waals surface area contributed by atoms with E-state index in [0.29, 0.717) is 17.4 Å². The third-order valence-corrected chi connectivity index (χ3v) is 3.76. The first-order valence-electron chi connectivity index (χ1n) is 7.70. The molecule has 1 N–H and O–H groups in total. The zero-order valence-corrected chi connectivity index (χ0v) is 14.6. The van der Waals surface area contributed by atoms with E-state index in [4.69, 9.17) is 9.47 Å². The minimum atomic E-state index is 0.335. The summed E-state index contributed by atoms with van der Waals surface area (Å²) >= 11 is 0. The molecular formula is C18H31NO2. The van der Waals surface area contributed by atoms with Crippen molar-refractivity contribution in [3.63, 3.8) is 0 Å². The van der Waals surface area contributed by atoms with Crippen LogP contribution >= 0.6 is 0 Å². The Kier molecular flexibility index (Phi) is 6.53. The van der Waals surface area contributed by atoms with Crippen molar-refractivity contribution in [2.75, 3.05) is 21.3 Å². The van der Waals surface area contributed by atoms with Gasteiger partial charge in [0.15, 0.2) is 11.5 Å². The first kappa shape index (κ1) is 17.8. The molecule has 2 atom stereocenters. The van der Waals surface area contributed by atoms with Crippen LogP contribution in [0.25, 0.3) is 0 Å². The molecule has 0 heterocycles. The highest BCUT2D eigenvalue weighted by Crippen LogP contribution is 2.34. The van der Waals surface area contributed by atoms with Crippen molar-refractivity contribution < 1.29 is 9.47 Å². The van der Waals surface area contributed by atoms with Gasteiger partial charge < -0.3 is 14.8 Å². The highest BCUT2D eigenvalue weighted by atomic mass is 16.5. The summed E-state index contributed by atoms with van der Waals surface area (Å²) in [4.78, 5) is 0. The summed E-state index contributed by atoms with van der Waals surface area (Å²) in [6, 6.07) is 6.51. The van der Waals surface area contributed by atoms with Gasteiger partial charge >= 0.3 is 0 Å². The first-order chi connectivity index (χ1) is 9.80. The summed E-state index contributed by atoms with van der Waals surface area (Å²) in [6.45, 7) is 9.23. The second-order valence-corrected chi connectivity index (χ2v) is 7.06. The zero-order valence-electron chi connectivity index (χ0n) is 14.6. The fraction of sp³-hybridized carbons (Fsp3) is 0.667. The molecule has 0 aromatic heterocycles. The quantitative estimate of drug-likeness (QED) is 0.807. The molecule has 3 nitrogen and oxygen atoms in total. The zero-order chi connectivity index (χ0) is 16.0. The Morgan fingerprint density at radius 2 is 1.71 bits per heavy atom. The van der Waals surface area contributed by atoms with E-state index in [2.05, 4.69) is 45.1 Å². The van der Waals surface area contributed by atoms with Crippen LogP contribution in [0, 0.1) is 11.3 Å². The standard InChI is InChI=1S/C18H31NO2/c1-13(12-18(2,3)4)10-15(19-5)14-8-9-16(20-6)17(11-14)21-7/h8-9,11,13,15,19H,10,12H2,1-7H3. The van der Waals surface area contributed by atoms with Gasteiger partial charge in [0.25, 0.3) is 0 Å². The highest BCUT2D eigenvalue weighted by Gasteiger charge is 2.20. The molecule has 1 aromatic carbocycles. The van der Waals surface area contributed by atoms with Gasteiger partial charge in [0.05, 0.1) is 14.2 Å². The third kappa shape index (κ3) is 5.58. The topological polar surface area (TPSA) is 30.5 Å². The van der Waals surface area contributed by atoms with E-state index in [0.717, 1.165) is 17.9 Å². The number of hydrogen-bond acceptors (Lipinski definition) is 3. The van der Waals surface area contributed by atoms with Gasteiger partial charge in [-0.15, -0.1) is 0 Å². The monoisotopic (exact) mass is 293 g/mol. The van der Waals surface area contributed by atoms with Gasteiger partial charge in [0.2, 0.25) is 0 Å². The van der Waals surface area contributed by atoms with Crippen molar-refractivity contribution >= 4 is 0 Å². The molecule has 0 radical (unpaired) electrons. The van der Waals surface area contributed by atoms with Gasteiger partial charge in [-0.3, -0.25) is 0 Å². The normalized spacial score (nSPS) is 14.6. The average molecular weight is 293 g/mol. The first-order valence-corrected chi connectivity index (χ1v) is 7.70. The lowest BCUT2D eigenvalue weighted by molar-refractivity contribution is 0.278. The average Bonchev–Trinajstić information content (AvgIpc) is 2.42. The lowest BCUT2D eigenvalue weighted by atomic mass is 9.82. The van der Waals surface area contributed by atoms with Crippen molar-refractivity contribution in [1.82, 2.24) is 5.32 Å². The maximum absolute atomic E-state index is 5.40. The second-order valence-electron chi connectivity index (χ2n) is 7.06. The predicted molar refractivity (Wildman–Crippen MR) is 89.2 cm³/mol. The van der Waals surface area contributed by atoms with Crippen LogP contribution in [-0.2, 0) is 0 Å². The van der Waals surface area contributed by atoms with Gasteiger partial charge in [-0.25, -0.2) is 0 Å². The number of rotatable bonds is 7. The molecular weight excluding hydrogens is 262 g/mol. The van der Waals surface area contributed by atoms with Gasteiger partial charge in [-0.2, -0.15) is 0 Å². The van der Waals surface area contributed by atoms with E-state index in [1.807, 2.05) is 13.1 Å². The van der Waals surface area contributed by atoms with Gasteiger partial charge in [-0.05, 0) is 48.9 Å². The molecule has 1 rings (SSSR count). The third-order valence-electron chi connectivity index (χ3n) is 3.76. The Morgan fingerprint density at radius 3 is 2.19 bits per heavy atom. The minimum Gasteiger partial charge on any atom is -0.493 e. The molecule has 0 bridgehead atoms. The SMILES string of the molecule is CNC(CC(C)CC(C)(C)C)c1ccc(OC)c(OC)c1. The van der Waals surface area contributed by atoms with Crippen molar-refractivity contribution in [2.45, 2.75) is 46.6 Å². The largest absolute Gasteiger partial charge is 0.493 e. The maximum Gasteiger partial charge on any atom is 0.161 e. The Balaban J connectivity index is 2.85. The number of benzene rings is 1. The number of nitrogens with one attached hydrogen (secondary N) is 1. The van der Waals surface area contributed by atoms with Crippen LogP contribution in [-0.4, -0.2) is 21.3 Å². The van der Waals surface area contributed by atoms with E-state index in [-0.39, 0.29) is 0 Å². The molecule has 0 aliphatic carbocycles. The molecule has 120 valence electrons.